The first-order valence-electron chi connectivity index (χ1n) is 7.99. The van der Waals surface area contributed by atoms with Gasteiger partial charge in [-0.1, -0.05) is 44.4 Å². The van der Waals surface area contributed by atoms with Gasteiger partial charge in [-0.05, 0) is 30.7 Å². The summed E-state index contributed by atoms with van der Waals surface area (Å²) < 4.78 is 0. The fraction of sp³-hybridized carbons (Fsp3) is 0.529. The van der Waals surface area contributed by atoms with Gasteiger partial charge in [-0.3, -0.25) is 9.89 Å². The molecule has 2 aromatic rings. The topological polar surface area (TPSA) is 57.8 Å². The molecule has 0 radical (unpaired) electrons. The molecule has 1 aromatic heterocycles. The number of hydrogen-bond acceptors (Lipinski definition) is 2. The van der Waals surface area contributed by atoms with Crippen LogP contribution < -0.4 is 5.32 Å². The summed E-state index contributed by atoms with van der Waals surface area (Å²) in [6.07, 6.45) is 6.38. The van der Waals surface area contributed by atoms with Crippen molar-refractivity contribution in [3.8, 4) is 0 Å². The summed E-state index contributed by atoms with van der Waals surface area (Å²) in [5.74, 6) is 1.46. The molecule has 1 amide bonds. The van der Waals surface area contributed by atoms with E-state index in [1.807, 2.05) is 24.3 Å². The van der Waals surface area contributed by atoms with Gasteiger partial charge in [-0.25, -0.2) is 0 Å². The standard InChI is InChI=1S/C17H23N3O/c1-2-12-7-9-13(10-8-12)11-18-17(21)16-14-5-3-4-6-15(14)19-20-16/h3-6,12-13H,2,7-11H2,1H3,(H,18,21)(H,19,20). The Morgan fingerprint density at radius 1 is 1.24 bits per heavy atom. The molecule has 1 aliphatic carbocycles. The van der Waals surface area contributed by atoms with Gasteiger partial charge in [-0.2, -0.15) is 5.10 Å². The van der Waals surface area contributed by atoms with E-state index in [0.717, 1.165) is 23.4 Å². The summed E-state index contributed by atoms with van der Waals surface area (Å²) in [6.45, 7) is 3.05. The summed E-state index contributed by atoms with van der Waals surface area (Å²) in [7, 11) is 0. The molecule has 1 aromatic carbocycles. The van der Waals surface area contributed by atoms with Crippen molar-refractivity contribution in [3.05, 3.63) is 30.0 Å². The van der Waals surface area contributed by atoms with Crippen LogP contribution in [0.1, 0.15) is 49.5 Å². The van der Waals surface area contributed by atoms with Gasteiger partial charge in [0.15, 0.2) is 5.69 Å². The monoisotopic (exact) mass is 285 g/mol. The molecule has 1 fully saturated rings. The number of aromatic amines is 1. The van der Waals surface area contributed by atoms with Gasteiger partial charge in [0.25, 0.3) is 5.91 Å². The number of rotatable bonds is 4. The van der Waals surface area contributed by atoms with Crippen molar-refractivity contribution >= 4 is 16.8 Å². The second-order valence-electron chi connectivity index (χ2n) is 6.12. The lowest BCUT2D eigenvalue weighted by atomic mass is 9.81. The SMILES string of the molecule is CCC1CCC(CNC(=O)c2n[nH]c3ccccc23)CC1. The van der Waals surface area contributed by atoms with Crippen molar-refractivity contribution in [1.82, 2.24) is 15.5 Å². The Morgan fingerprint density at radius 3 is 2.71 bits per heavy atom. The predicted molar refractivity (Wildman–Crippen MR) is 84.2 cm³/mol. The van der Waals surface area contributed by atoms with E-state index in [1.165, 1.54) is 32.1 Å². The molecule has 1 saturated carbocycles. The molecule has 0 atom stereocenters. The zero-order valence-corrected chi connectivity index (χ0v) is 12.6. The van der Waals surface area contributed by atoms with Crippen molar-refractivity contribution in [3.63, 3.8) is 0 Å². The van der Waals surface area contributed by atoms with E-state index in [4.69, 9.17) is 0 Å². The minimum atomic E-state index is -0.0648. The summed E-state index contributed by atoms with van der Waals surface area (Å²) in [5.41, 5.74) is 1.42. The van der Waals surface area contributed by atoms with Crippen molar-refractivity contribution < 1.29 is 4.79 Å². The van der Waals surface area contributed by atoms with E-state index in [0.29, 0.717) is 11.6 Å². The van der Waals surface area contributed by atoms with Crippen molar-refractivity contribution in [2.75, 3.05) is 6.54 Å². The molecule has 0 bridgehead atoms. The first-order valence-corrected chi connectivity index (χ1v) is 7.99. The van der Waals surface area contributed by atoms with Crippen LogP contribution in [-0.2, 0) is 0 Å². The van der Waals surface area contributed by atoms with Crippen LogP contribution in [0.25, 0.3) is 10.9 Å². The molecule has 0 saturated heterocycles. The smallest absolute Gasteiger partial charge is 0.272 e. The van der Waals surface area contributed by atoms with Crippen LogP contribution in [0.4, 0.5) is 0 Å². The van der Waals surface area contributed by atoms with Gasteiger partial charge in [0.1, 0.15) is 0 Å². The number of carbonyl (C=O) groups is 1. The van der Waals surface area contributed by atoms with Crippen LogP contribution >= 0.6 is 0 Å². The Kier molecular flexibility index (Phi) is 4.23. The predicted octanol–water partition coefficient (Wildman–Crippen LogP) is 3.51. The Hall–Kier alpha value is -1.84. The molecule has 2 N–H and O–H groups in total. The minimum Gasteiger partial charge on any atom is -0.350 e. The summed E-state index contributed by atoms with van der Waals surface area (Å²) in [4.78, 5) is 12.3. The van der Waals surface area contributed by atoms with E-state index in [-0.39, 0.29) is 5.91 Å². The first kappa shape index (κ1) is 14.1. The lowest BCUT2D eigenvalue weighted by molar-refractivity contribution is 0.0938. The van der Waals surface area contributed by atoms with Crippen LogP contribution in [0.15, 0.2) is 24.3 Å². The van der Waals surface area contributed by atoms with E-state index in [9.17, 15) is 4.79 Å². The number of nitrogens with zero attached hydrogens (tertiary/aromatic N) is 1. The summed E-state index contributed by atoms with van der Waals surface area (Å²) in [5, 5.41) is 11.0. The number of nitrogens with one attached hydrogen (secondary N) is 2. The molecule has 21 heavy (non-hydrogen) atoms. The van der Waals surface area contributed by atoms with Crippen LogP contribution in [0.5, 0.6) is 0 Å². The molecule has 0 aliphatic heterocycles. The van der Waals surface area contributed by atoms with Crippen molar-refractivity contribution in [2.24, 2.45) is 11.8 Å². The molecule has 0 spiro atoms. The molecule has 4 nitrogen and oxygen atoms in total. The largest absolute Gasteiger partial charge is 0.350 e. The number of amides is 1. The van der Waals surface area contributed by atoms with Gasteiger partial charge in [0.2, 0.25) is 0 Å². The Balaban J connectivity index is 1.57. The normalized spacial score (nSPS) is 22.3. The maximum atomic E-state index is 12.3. The molecule has 0 unspecified atom stereocenters. The number of carbonyl (C=O) groups excluding carboxylic acids is 1. The highest BCUT2D eigenvalue weighted by molar-refractivity contribution is 6.04. The third kappa shape index (κ3) is 3.09. The fourth-order valence-corrected chi connectivity index (χ4v) is 3.30. The van der Waals surface area contributed by atoms with Crippen LogP contribution in [0.2, 0.25) is 0 Å². The van der Waals surface area contributed by atoms with Gasteiger partial charge in [0.05, 0.1) is 5.52 Å². The van der Waals surface area contributed by atoms with Gasteiger partial charge in [-0.15, -0.1) is 0 Å². The summed E-state index contributed by atoms with van der Waals surface area (Å²) in [6, 6.07) is 7.74. The van der Waals surface area contributed by atoms with Crippen molar-refractivity contribution in [1.29, 1.82) is 0 Å². The Bertz CT molecular complexity index is 611. The quantitative estimate of drug-likeness (QED) is 0.903. The lowest BCUT2D eigenvalue weighted by Crippen LogP contribution is -2.31. The van der Waals surface area contributed by atoms with E-state index in [1.54, 1.807) is 0 Å². The molecule has 4 heteroatoms. The maximum absolute atomic E-state index is 12.3. The molecule has 112 valence electrons. The Labute approximate surface area is 125 Å². The van der Waals surface area contributed by atoms with Gasteiger partial charge < -0.3 is 5.32 Å². The van der Waals surface area contributed by atoms with Crippen molar-refractivity contribution in [2.45, 2.75) is 39.0 Å². The molecule has 1 aliphatic rings. The first-order chi connectivity index (χ1) is 10.3. The number of H-pyrrole nitrogens is 1. The second kappa shape index (κ2) is 6.29. The molecule has 1 heterocycles. The molecular weight excluding hydrogens is 262 g/mol. The summed E-state index contributed by atoms with van der Waals surface area (Å²) >= 11 is 0. The zero-order valence-electron chi connectivity index (χ0n) is 12.6. The zero-order chi connectivity index (χ0) is 14.7. The second-order valence-corrected chi connectivity index (χ2v) is 6.12. The van der Waals surface area contributed by atoms with Crippen LogP contribution in [0.3, 0.4) is 0 Å². The average Bonchev–Trinajstić information content (AvgIpc) is 2.97. The number of aromatic nitrogens is 2. The molecule has 3 rings (SSSR count). The average molecular weight is 285 g/mol. The van der Waals surface area contributed by atoms with Crippen LogP contribution in [0, 0.1) is 11.8 Å². The minimum absolute atomic E-state index is 0.0648. The highest BCUT2D eigenvalue weighted by atomic mass is 16.1. The van der Waals surface area contributed by atoms with E-state index in [2.05, 4.69) is 22.4 Å². The van der Waals surface area contributed by atoms with E-state index < -0.39 is 0 Å². The molecular formula is C17H23N3O. The third-order valence-corrected chi connectivity index (χ3v) is 4.78. The lowest BCUT2D eigenvalue weighted by Gasteiger charge is -2.27. The highest BCUT2D eigenvalue weighted by Gasteiger charge is 2.21. The number of para-hydroxylation sites is 1. The Morgan fingerprint density at radius 2 is 1.95 bits per heavy atom. The number of fused-ring (bicyclic) bond motifs is 1. The van der Waals surface area contributed by atoms with Gasteiger partial charge in [0, 0.05) is 11.9 Å². The number of benzene rings is 1. The van der Waals surface area contributed by atoms with Gasteiger partial charge >= 0.3 is 0 Å². The highest BCUT2D eigenvalue weighted by Crippen LogP contribution is 2.30. The maximum Gasteiger partial charge on any atom is 0.272 e. The van der Waals surface area contributed by atoms with Crippen LogP contribution in [-0.4, -0.2) is 22.6 Å². The van der Waals surface area contributed by atoms with E-state index >= 15 is 0 Å². The third-order valence-electron chi connectivity index (χ3n) is 4.78. The fourth-order valence-electron chi connectivity index (χ4n) is 3.30. The number of hydrogen-bond donors (Lipinski definition) is 2.